The Bertz CT molecular complexity index is 1000. The predicted octanol–water partition coefficient (Wildman–Crippen LogP) is 4.06. The number of nitro benzene ring substituents is 1. The number of carbonyl (C=O) groups is 2. The fourth-order valence-corrected chi connectivity index (χ4v) is 3.38. The van der Waals surface area contributed by atoms with Gasteiger partial charge in [-0.1, -0.05) is 13.0 Å². The van der Waals surface area contributed by atoms with Gasteiger partial charge in [0.1, 0.15) is 17.3 Å². The third-order valence-corrected chi connectivity index (χ3v) is 4.95. The molecule has 1 aliphatic rings. The fraction of sp³-hybridized carbons (Fsp3) is 0.300. The summed E-state index contributed by atoms with van der Waals surface area (Å²) in [6.07, 6.45) is 0.188. The number of benzene rings is 2. The molecule has 0 heterocycles. The maximum Gasteiger partial charge on any atom is 0.293 e. The number of ether oxygens (including phenoxy) is 1. The molecule has 0 aliphatic heterocycles. The number of hydrogen-bond donors (Lipinski definition) is 1. The van der Waals surface area contributed by atoms with Gasteiger partial charge in [-0.3, -0.25) is 19.7 Å². The topological polar surface area (TPSA) is 98.5 Å². The molecule has 1 N–H and O–H groups in total. The normalized spacial score (nSPS) is 15.3. The Morgan fingerprint density at radius 2 is 2.04 bits per heavy atom. The lowest BCUT2D eigenvalue weighted by atomic mass is 10.0. The summed E-state index contributed by atoms with van der Waals surface area (Å²) in [7, 11) is 0. The monoisotopic (exact) mass is 386 g/mol. The molecule has 8 heteroatoms. The van der Waals surface area contributed by atoms with Crippen LogP contribution in [0.2, 0.25) is 0 Å². The van der Waals surface area contributed by atoms with E-state index in [0.717, 1.165) is 5.56 Å². The lowest BCUT2D eigenvalue weighted by Crippen LogP contribution is -2.22. The first kappa shape index (κ1) is 19.5. The molecule has 7 nitrogen and oxygen atoms in total. The van der Waals surface area contributed by atoms with Crippen LogP contribution in [0.25, 0.3) is 0 Å². The Balaban J connectivity index is 1.80. The van der Waals surface area contributed by atoms with Crippen LogP contribution in [-0.4, -0.2) is 23.2 Å². The molecule has 146 valence electrons. The number of nitrogens with one attached hydrogen (secondary N) is 1. The van der Waals surface area contributed by atoms with E-state index in [9.17, 15) is 24.1 Å². The van der Waals surface area contributed by atoms with Crippen molar-refractivity contribution in [2.24, 2.45) is 0 Å². The highest BCUT2D eigenvalue weighted by Crippen LogP contribution is 2.39. The minimum absolute atomic E-state index is 0.104. The number of fused-ring (bicyclic) bond motifs is 1. The standard InChI is InChI=1S/C20H19FN2O5/c1-10-4-6-14(23(26)27)20(12(10)3)22-17(25)9-28-16-7-5-13(21)18-11(2)8-15(24)19(16)18/h4-7,11H,8-9H2,1-3H3,(H,22,25). The van der Waals surface area contributed by atoms with Crippen molar-refractivity contribution >= 4 is 23.1 Å². The van der Waals surface area contributed by atoms with Gasteiger partial charge in [-0.15, -0.1) is 0 Å². The van der Waals surface area contributed by atoms with Crippen LogP contribution in [0.5, 0.6) is 5.75 Å². The van der Waals surface area contributed by atoms with Crippen molar-refractivity contribution in [2.45, 2.75) is 33.1 Å². The molecule has 1 aliphatic carbocycles. The van der Waals surface area contributed by atoms with E-state index in [0.29, 0.717) is 11.1 Å². The molecule has 3 rings (SSSR count). The molecule has 1 amide bonds. The Morgan fingerprint density at radius 3 is 2.71 bits per heavy atom. The van der Waals surface area contributed by atoms with Crippen LogP contribution in [0.15, 0.2) is 24.3 Å². The zero-order valence-corrected chi connectivity index (χ0v) is 15.7. The van der Waals surface area contributed by atoms with Gasteiger partial charge in [-0.2, -0.15) is 0 Å². The molecule has 28 heavy (non-hydrogen) atoms. The number of nitro groups is 1. The van der Waals surface area contributed by atoms with Crippen molar-refractivity contribution in [1.82, 2.24) is 0 Å². The van der Waals surface area contributed by atoms with Crippen molar-refractivity contribution in [1.29, 1.82) is 0 Å². The molecule has 0 spiro atoms. The quantitative estimate of drug-likeness (QED) is 0.617. The van der Waals surface area contributed by atoms with Crippen molar-refractivity contribution in [2.75, 3.05) is 11.9 Å². The Kier molecular flexibility index (Phi) is 5.13. The van der Waals surface area contributed by atoms with Crippen LogP contribution in [0.4, 0.5) is 15.8 Å². The number of ketones is 1. The van der Waals surface area contributed by atoms with E-state index < -0.39 is 23.3 Å². The van der Waals surface area contributed by atoms with Crippen molar-refractivity contribution in [3.63, 3.8) is 0 Å². The lowest BCUT2D eigenvalue weighted by molar-refractivity contribution is -0.384. The molecule has 0 fully saturated rings. The number of aryl methyl sites for hydroxylation is 1. The van der Waals surface area contributed by atoms with Crippen molar-refractivity contribution in [3.8, 4) is 5.75 Å². The average molecular weight is 386 g/mol. The second-order valence-electron chi connectivity index (χ2n) is 6.86. The van der Waals surface area contributed by atoms with E-state index in [1.807, 2.05) is 0 Å². The van der Waals surface area contributed by atoms with E-state index in [2.05, 4.69) is 5.32 Å². The SMILES string of the molecule is Cc1ccc([N+](=O)[O-])c(NC(=O)COc2ccc(F)c3c2C(=O)CC3C)c1C. The largest absolute Gasteiger partial charge is 0.483 e. The van der Waals surface area contributed by atoms with Crippen LogP contribution in [0.1, 0.15) is 46.3 Å². The average Bonchev–Trinajstić information content (AvgIpc) is 2.94. The van der Waals surface area contributed by atoms with E-state index >= 15 is 0 Å². The third kappa shape index (κ3) is 3.45. The maximum atomic E-state index is 14.0. The summed E-state index contributed by atoms with van der Waals surface area (Å²) in [5, 5.41) is 13.7. The van der Waals surface area contributed by atoms with Crippen molar-refractivity contribution in [3.05, 3.63) is 62.5 Å². The number of halogens is 1. The first-order valence-corrected chi connectivity index (χ1v) is 8.73. The zero-order chi connectivity index (χ0) is 20.6. The van der Waals surface area contributed by atoms with E-state index in [1.165, 1.54) is 18.2 Å². The molecule has 1 atom stereocenters. The molecule has 2 aromatic rings. The minimum atomic E-state index is -0.617. The highest BCUT2D eigenvalue weighted by atomic mass is 19.1. The summed E-state index contributed by atoms with van der Waals surface area (Å²) in [5.41, 5.74) is 1.72. The van der Waals surface area contributed by atoms with Crippen LogP contribution in [0, 0.1) is 29.8 Å². The number of anilines is 1. The molecule has 0 saturated carbocycles. The summed E-state index contributed by atoms with van der Waals surface area (Å²) in [4.78, 5) is 35.1. The molecular weight excluding hydrogens is 367 g/mol. The van der Waals surface area contributed by atoms with Crippen LogP contribution >= 0.6 is 0 Å². The summed E-state index contributed by atoms with van der Waals surface area (Å²) in [6.45, 7) is 4.73. The second-order valence-corrected chi connectivity index (χ2v) is 6.86. The van der Waals surface area contributed by atoms with Crippen LogP contribution in [-0.2, 0) is 4.79 Å². The Labute approximate surface area is 160 Å². The zero-order valence-electron chi connectivity index (χ0n) is 15.7. The second kappa shape index (κ2) is 7.38. The van der Waals surface area contributed by atoms with Crippen molar-refractivity contribution < 1.29 is 23.6 Å². The highest BCUT2D eigenvalue weighted by Gasteiger charge is 2.32. The summed E-state index contributed by atoms with van der Waals surface area (Å²) in [5.74, 6) is -1.44. The molecule has 1 unspecified atom stereocenters. The van der Waals surface area contributed by atoms with Gasteiger partial charge in [0.2, 0.25) is 0 Å². The van der Waals surface area contributed by atoms with Gasteiger partial charge < -0.3 is 10.1 Å². The van der Waals surface area contributed by atoms with E-state index in [1.54, 1.807) is 26.8 Å². The van der Waals surface area contributed by atoms with E-state index in [4.69, 9.17) is 4.74 Å². The molecule has 0 aromatic heterocycles. The Hall–Kier alpha value is -3.29. The smallest absolute Gasteiger partial charge is 0.293 e. The van der Waals surface area contributed by atoms with Gasteiger partial charge in [-0.05, 0) is 43.0 Å². The van der Waals surface area contributed by atoms with Crippen LogP contribution < -0.4 is 10.1 Å². The van der Waals surface area contributed by atoms with Gasteiger partial charge in [-0.25, -0.2) is 4.39 Å². The predicted molar refractivity (Wildman–Crippen MR) is 100 cm³/mol. The van der Waals surface area contributed by atoms with Crippen LogP contribution in [0.3, 0.4) is 0 Å². The molecular formula is C20H19FN2O5. The first-order chi connectivity index (χ1) is 13.2. The molecule has 0 saturated heterocycles. The summed E-state index contributed by atoms with van der Waals surface area (Å²) in [6, 6.07) is 5.45. The number of carbonyl (C=O) groups excluding carboxylic acids is 2. The number of hydrogen-bond acceptors (Lipinski definition) is 5. The first-order valence-electron chi connectivity index (χ1n) is 8.73. The Morgan fingerprint density at radius 1 is 1.32 bits per heavy atom. The lowest BCUT2D eigenvalue weighted by Gasteiger charge is -2.13. The number of nitrogens with zero attached hydrogens (tertiary/aromatic N) is 1. The van der Waals surface area contributed by atoms with Gasteiger partial charge in [0.15, 0.2) is 12.4 Å². The van der Waals surface area contributed by atoms with Gasteiger partial charge in [0, 0.05) is 18.1 Å². The molecule has 0 radical (unpaired) electrons. The highest BCUT2D eigenvalue weighted by molar-refractivity contribution is 6.04. The summed E-state index contributed by atoms with van der Waals surface area (Å²) >= 11 is 0. The number of amides is 1. The van der Waals surface area contributed by atoms with E-state index in [-0.39, 0.29) is 40.8 Å². The number of Topliss-reactive ketones (excluding diaryl/α,β-unsaturated/α-hetero) is 1. The number of rotatable bonds is 5. The molecule has 0 bridgehead atoms. The maximum absolute atomic E-state index is 14.0. The van der Waals surface area contributed by atoms with Gasteiger partial charge in [0.25, 0.3) is 11.6 Å². The fourth-order valence-electron chi connectivity index (χ4n) is 3.38. The molecule has 2 aromatic carbocycles. The third-order valence-electron chi connectivity index (χ3n) is 4.95. The van der Waals surface area contributed by atoms with Gasteiger partial charge >= 0.3 is 0 Å². The summed E-state index contributed by atoms with van der Waals surface area (Å²) < 4.78 is 19.5. The minimum Gasteiger partial charge on any atom is -0.483 e. The van der Waals surface area contributed by atoms with Gasteiger partial charge in [0.05, 0.1) is 10.5 Å².